The third kappa shape index (κ3) is 3.18. The maximum absolute atomic E-state index is 8.88. The highest BCUT2D eigenvalue weighted by Crippen LogP contribution is 2.12. The molecule has 62 valence electrons. The van der Waals surface area contributed by atoms with Crippen molar-refractivity contribution in [2.45, 2.75) is 32.8 Å². The maximum Gasteiger partial charge on any atom is 0.0593 e. The molecule has 0 aliphatic carbocycles. The first-order valence-electron chi connectivity index (χ1n) is 3.89. The van der Waals surface area contributed by atoms with Gasteiger partial charge in [0.25, 0.3) is 0 Å². The van der Waals surface area contributed by atoms with Gasteiger partial charge in [-0.15, -0.1) is 0 Å². The van der Waals surface area contributed by atoms with Crippen molar-refractivity contribution in [3.05, 3.63) is 0 Å². The summed E-state index contributed by atoms with van der Waals surface area (Å²) in [7, 11) is 1.68. The lowest BCUT2D eigenvalue weighted by Gasteiger charge is -2.19. The molecule has 0 aromatic rings. The van der Waals surface area contributed by atoms with E-state index >= 15 is 0 Å². The van der Waals surface area contributed by atoms with Crippen molar-refractivity contribution in [2.24, 2.45) is 5.92 Å². The molecule has 0 saturated carbocycles. The van der Waals surface area contributed by atoms with Crippen LogP contribution in [0.1, 0.15) is 26.7 Å². The summed E-state index contributed by atoms with van der Waals surface area (Å²) < 4.78 is 5.10. The van der Waals surface area contributed by atoms with E-state index in [1.165, 1.54) is 0 Å². The molecule has 2 nitrogen and oxygen atoms in total. The fraction of sp³-hybridized carbons (Fsp3) is 1.00. The van der Waals surface area contributed by atoms with E-state index in [1.807, 2.05) is 6.92 Å². The van der Waals surface area contributed by atoms with Gasteiger partial charge in [-0.25, -0.2) is 0 Å². The van der Waals surface area contributed by atoms with Crippen molar-refractivity contribution in [1.82, 2.24) is 0 Å². The van der Waals surface area contributed by atoms with Gasteiger partial charge in [-0.3, -0.25) is 0 Å². The van der Waals surface area contributed by atoms with Crippen molar-refractivity contribution >= 4 is 0 Å². The predicted molar refractivity (Wildman–Crippen MR) is 42.0 cm³/mol. The topological polar surface area (TPSA) is 29.5 Å². The van der Waals surface area contributed by atoms with Crippen molar-refractivity contribution in [1.29, 1.82) is 0 Å². The lowest BCUT2D eigenvalue weighted by molar-refractivity contribution is 0.0349. The van der Waals surface area contributed by atoms with Gasteiger partial charge in [0.05, 0.1) is 6.10 Å². The van der Waals surface area contributed by atoms with Crippen LogP contribution in [-0.4, -0.2) is 24.9 Å². The zero-order chi connectivity index (χ0) is 7.98. The average molecular weight is 146 g/mol. The quantitative estimate of drug-likeness (QED) is 0.635. The molecular formula is C8H18O2. The number of hydrogen-bond acceptors (Lipinski definition) is 2. The maximum atomic E-state index is 8.88. The van der Waals surface area contributed by atoms with Gasteiger partial charge in [0.15, 0.2) is 0 Å². The summed E-state index contributed by atoms with van der Waals surface area (Å²) in [5.74, 6) is 0.315. The van der Waals surface area contributed by atoms with E-state index in [0.29, 0.717) is 5.92 Å². The van der Waals surface area contributed by atoms with Crippen LogP contribution in [0.4, 0.5) is 0 Å². The first-order chi connectivity index (χ1) is 4.76. The monoisotopic (exact) mass is 146 g/mol. The smallest absolute Gasteiger partial charge is 0.0593 e. The van der Waals surface area contributed by atoms with Crippen LogP contribution in [0.15, 0.2) is 0 Å². The van der Waals surface area contributed by atoms with Crippen LogP contribution < -0.4 is 0 Å². The molecule has 0 fully saturated rings. The first kappa shape index (κ1) is 9.92. The first-order valence-corrected chi connectivity index (χ1v) is 3.89. The van der Waals surface area contributed by atoms with Gasteiger partial charge >= 0.3 is 0 Å². The van der Waals surface area contributed by atoms with E-state index in [-0.39, 0.29) is 12.7 Å². The van der Waals surface area contributed by atoms with Crippen molar-refractivity contribution < 1.29 is 9.84 Å². The summed E-state index contributed by atoms with van der Waals surface area (Å²) in [5.41, 5.74) is 0. The van der Waals surface area contributed by atoms with Gasteiger partial charge in [0.2, 0.25) is 0 Å². The Hall–Kier alpha value is -0.0800. The Morgan fingerprint density at radius 3 is 2.40 bits per heavy atom. The zero-order valence-corrected chi connectivity index (χ0v) is 7.13. The summed E-state index contributed by atoms with van der Waals surface area (Å²) in [5, 5.41) is 8.88. The zero-order valence-electron chi connectivity index (χ0n) is 7.13. The molecule has 2 atom stereocenters. The summed E-state index contributed by atoms with van der Waals surface area (Å²) in [4.78, 5) is 0. The van der Waals surface area contributed by atoms with E-state index in [0.717, 1.165) is 12.8 Å². The van der Waals surface area contributed by atoms with E-state index in [2.05, 4.69) is 6.92 Å². The Balaban J connectivity index is 3.56. The van der Waals surface area contributed by atoms with Gasteiger partial charge in [0.1, 0.15) is 0 Å². The molecule has 0 aliphatic heterocycles. The van der Waals surface area contributed by atoms with Gasteiger partial charge in [-0.05, 0) is 13.3 Å². The van der Waals surface area contributed by atoms with Gasteiger partial charge < -0.3 is 9.84 Å². The number of rotatable bonds is 5. The largest absolute Gasteiger partial charge is 0.396 e. The second kappa shape index (κ2) is 5.69. The second-order valence-electron chi connectivity index (χ2n) is 2.67. The number of aliphatic hydroxyl groups is 1. The third-order valence-electron chi connectivity index (χ3n) is 1.93. The minimum absolute atomic E-state index is 0.185. The summed E-state index contributed by atoms with van der Waals surface area (Å²) in [6.07, 6.45) is 2.34. The average Bonchev–Trinajstić information content (AvgIpc) is 1.99. The molecule has 0 aromatic heterocycles. The Kier molecular flexibility index (Phi) is 5.64. The molecule has 2 heteroatoms. The minimum Gasteiger partial charge on any atom is -0.396 e. The van der Waals surface area contributed by atoms with Crippen molar-refractivity contribution in [3.8, 4) is 0 Å². The summed E-state index contributed by atoms with van der Waals surface area (Å²) in [6, 6.07) is 0. The molecule has 10 heavy (non-hydrogen) atoms. The number of aliphatic hydroxyl groups excluding tert-OH is 1. The number of ether oxygens (including phenoxy) is 1. The van der Waals surface area contributed by atoms with Gasteiger partial charge in [-0.2, -0.15) is 0 Å². The molecule has 2 unspecified atom stereocenters. The van der Waals surface area contributed by atoms with E-state index in [4.69, 9.17) is 9.84 Å². The Morgan fingerprint density at radius 2 is 2.10 bits per heavy atom. The molecule has 1 N–H and O–H groups in total. The molecule has 0 rings (SSSR count). The van der Waals surface area contributed by atoms with Crippen LogP contribution in [0.3, 0.4) is 0 Å². The Morgan fingerprint density at radius 1 is 1.50 bits per heavy atom. The molecule has 0 radical (unpaired) electrons. The second-order valence-corrected chi connectivity index (χ2v) is 2.67. The van der Waals surface area contributed by atoms with Gasteiger partial charge in [-0.1, -0.05) is 13.3 Å². The van der Waals surface area contributed by atoms with Crippen LogP contribution in [0, 0.1) is 5.92 Å². The van der Waals surface area contributed by atoms with Crippen LogP contribution in [-0.2, 0) is 4.74 Å². The normalized spacial score (nSPS) is 16.8. The number of methoxy groups -OCH3 is 1. The Labute approximate surface area is 63.2 Å². The molecule has 0 saturated heterocycles. The molecule has 0 amide bonds. The molecule has 0 heterocycles. The van der Waals surface area contributed by atoms with Crippen LogP contribution in [0.25, 0.3) is 0 Å². The highest BCUT2D eigenvalue weighted by Gasteiger charge is 2.13. The van der Waals surface area contributed by atoms with Crippen molar-refractivity contribution in [3.63, 3.8) is 0 Å². The fourth-order valence-corrected chi connectivity index (χ4v) is 1.04. The van der Waals surface area contributed by atoms with Crippen molar-refractivity contribution in [2.75, 3.05) is 13.7 Å². The summed E-state index contributed by atoms with van der Waals surface area (Å²) in [6.45, 7) is 4.35. The SMILES string of the molecule is CCCC(CO)C(C)OC. The fourth-order valence-electron chi connectivity index (χ4n) is 1.04. The summed E-state index contributed by atoms with van der Waals surface area (Å²) >= 11 is 0. The minimum atomic E-state index is 0.185. The standard InChI is InChI=1S/C8H18O2/c1-4-5-8(6-9)7(2)10-3/h7-9H,4-6H2,1-3H3. The molecular weight excluding hydrogens is 128 g/mol. The highest BCUT2D eigenvalue weighted by molar-refractivity contribution is 4.63. The third-order valence-corrected chi connectivity index (χ3v) is 1.93. The molecule has 0 aromatic carbocycles. The highest BCUT2D eigenvalue weighted by atomic mass is 16.5. The lowest BCUT2D eigenvalue weighted by atomic mass is 9.99. The molecule has 0 aliphatic rings. The molecule has 0 spiro atoms. The lowest BCUT2D eigenvalue weighted by Crippen LogP contribution is -2.22. The van der Waals surface area contributed by atoms with Crippen LogP contribution in [0.2, 0.25) is 0 Å². The number of hydrogen-bond donors (Lipinski definition) is 1. The Bertz CT molecular complexity index is 73.7. The van der Waals surface area contributed by atoms with Crippen LogP contribution >= 0.6 is 0 Å². The molecule has 0 bridgehead atoms. The van der Waals surface area contributed by atoms with E-state index in [9.17, 15) is 0 Å². The van der Waals surface area contributed by atoms with E-state index < -0.39 is 0 Å². The van der Waals surface area contributed by atoms with E-state index in [1.54, 1.807) is 7.11 Å². The van der Waals surface area contributed by atoms with Gasteiger partial charge in [0, 0.05) is 19.6 Å². The predicted octanol–water partition coefficient (Wildman–Crippen LogP) is 1.43. The van der Waals surface area contributed by atoms with Crippen LogP contribution in [0.5, 0.6) is 0 Å².